The number of fused-ring (bicyclic) bond motifs is 1. The second-order valence-electron chi connectivity index (χ2n) is 5.94. The number of carbonyl (C=O) groups excluding carboxylic acids is 2. The molecule has 0 unspecified atom stereocenters. The van der Waals surface area contributed by atoms with Gasteiger partial charge >= 0.3 is 0 Å². The third-order valence-corrected chi connectivity index (χ3v) is 4.29. The van der Waals surface area contributed by atoms with E-state index < -0.39 is 0 Å². The molecule has 0 radical (unpaired) electrons. The normalized spacial score (nSPS) is 15.7. The van der Waals surface area contributed by atoms with Crippen LogP contribution in [0.25, 0.3) is 10.9 Å². The lowest BCUT2D eigenvalue weighted by Crippen LogP contribution is -2.34. The Balaban J connectivity index is 1.49. The number of amides is 2. The number of H-pyrrole nitrogens is 1. The molecule has 1 saturated heterocycles. The topological polar surface area (TPSA) is 78.1 Å². The Morgan fingerprint density at radius 1 is 1.30 bits per heavy atom. The summed E-state index contributed by atoms with van der Waals surface area (Å²) in [5.74, 6) is 0.149. The Bertz CT molecular complexity index is 695. The Morgan fingerprint density at radius 3 is 3.13 bits per heavy atom. The Labute approximate surface area is 135 Å². The number of rotatable bonds is 5. The van der Waals surface area contributed by atoms with Gasteiger partial charge in [-0.05, 0) is 31.4 Å². The fraction of sp³-hybridized carbons (Fsp3) is 0.471. The van der Waals surface area contributed by atoms with Crippen LogP contribution < -0.4 is 5.32 Å². The van der Waals surface area contributed by atoms with Gasteiger partial charge in [0.15, 0.2) is 0 Å². The number of aromatic nitrogens is 2. The minimum Gasteiger partial charge on any atom is -0.352 e. The third-order valence-electron chi connectivity index (χ3n) is 4.29. The molecule has 0 atom stereocenters. The summed E-state index contributed by atoms with van der Waals surface area (Å²) < 4.78 is 0. The third kappa shape index (κ3) is 3.70. The second-order valence-corrected chi connectivity index (χ2v) is 5.94. The van der Waals surface area contributed by atoms with Crippen LogP contribution in [0.4, 0.5) is 0 Å². The maximum absolute atomic E-state index is 12.3. The molecule has 1 fully saturated rings. The van der Waals surface area contributed by atoms with Crippen molar-refractivity contribution in [2.75, 3.05) is 19.6 Å². The van der Waals surface area contributed by atoms with Crippen molar-refractivity contribution in [1.29, 1.82) is 0 Å². The van der Waals surface area contributed by atoms with Crippen molar-refractivity contribution in [1.82, 2.24) is 20.4 Å². The highest BCUT2D eigenvalue weighted by Gasteiger charge is 2.16. The Hall–Kier alpha value is -2.37. The summed E-state index contributed by atoms with van der Waals surface area (Å²) in [5, 5.41) is 10.6. The summed E-state index contributed by atoms with van der Waals surface area (Å²) in [6.07, 6.45) is 6.32. The van der Waals surface area contributed by atoms with Gasteiger partial charge in [0, 0.05) is 31.4 Å². The van der Waals surface area contributed by atoms with Gasteiger partial charge < -0.3 is 10.2 Å². The van der Waals surface area contributed by atoms with E-state index in [1.54, 1.807) is 12.3 Å². The fourth-order valence-electron chi connectivity index (χ4n) is 3.01. The molecule has 1 aliphatic heterocycles. The van der Waals surface area contributed by atoms with Crippen LogP contribution in [0.1, 0.15) is 42.5 Å². The summed E-state index contributed by atoms with van der Waals surface area (Å²) in [6.45, 7) is 2.13. The van der Waals surface area contributed by atoms with E-state index in [0.29, 0.717) is 18.5 Å². The zero-order valence-corrected chi connectivity index (χ0v) is 13.2. The lowest BCUT2D eigenvalue weighted by atomic mass is 10.1. The highest BCUT2D eigenvalue weighted by atomic mass is 16.2. The standard InChI is InChI=1S/C17H22N4O2/c22-16-8-2-1-3-10-21(16)11-5-9-18-17(23)13-6-4-7-15-14(13)12-19-20-15/h4,6-7,12H,1-3,5,8-11H2,(H,18,23)(H,19,20). The van der Waals surface area contributed by atoms with Gasteiger partial charge in [-0.15, -0.1) is 0 Å². The first kappa shape index (κ1) is 15.5. The molecule has 0 spiro atoms. The van der Waals surface area contributed by atoms with E-state index in [-0.39, 0.29) is 11.8 Å². The van der Waals surface area contributed by atoms with E-state index in [1.807, 2.05) is 17.0 Å². The molecule has 0 bridgehead atoms. The van der Waals surface area contributed by atoms with E-state index in [1.165, 1.54) is 0 Å². The monoisotopic (exact) mass is 314 g/mol. The highest BCUT2D eigenvalue weighted by molar-refractivity contribution is 6.05. The molecule has 2 heterocycles. The molecule has 2 N–H and O–H groups in total. The van der Waals surface area contributed by atoms with Gasteiger partial charge in [-0.25, -0.2) is 0 Å². The number of aromatic amines is 1. The minimum absolute atomic E-state index is 0.0980. The average Bonchev–Trinajstić information content (AvgIpc) is 2.95. The molecule has 6 heteroatoms. The largest absolute Gasteiger partial charge is 0.352 e. The second kappa shape index (κ2) is 7.26. The van der Waals surface area contributed by atoms with Crippen LogP contribution in [0.2, 0.25) is 0 Å². The van der Waals surface area contributed by atoms with Crippen LogP contribution in [0, 0.1) is 0 Å². The minimum atomic E-state index is -0.0980. The lowest BCUT2D eigenvalue weighted by molar-refractivity contribution is -0.130. The van der Waals surface area contributed by atoms with Crippen LogP contribution in [0.3, 0.4) is 0 Å². The van der Waals surface area contributed by atoms with Crippen molar-refractivity contribution in [3.05, 3.63) is 30.0 Å². The van der Waals surface area contributed by atoms with E-state index in [2.05, 4.69) is 15.5 Å². The quantitative estimate of drug-likeness (QED) is 0.830. The van der Waals surface area contributed by atoms with Gasteiger partial charge in [-0.3, -0.25) is 14.7 Å². The zero-order chi connectivity index (χ0) is 16.1. The number of nitrogens with one attached hydrogen (secondary N) is 2. The molecule has 1 aromatic carbocycles. The lowest BCUT2D eigenvalue weighted by Gasteiger charge is -2.20. The molecule has 3 rings (SSSR count). The predicted octanol–water partition coefficient (Wildman–Crippen LogP) is 2.09. The molecule has 122 valence electrons. The first-order valence-corrected chi connectivity index (χ1v) is 8.24. The van der Waals surface area contributed by atoms with Crippen LogP contribution in [0.15, 0.2) is 24.4 Å². The van der Waals surface area contributed by atoms with Gasteiger partial charge in [0.1, 0.15) is 0 Å². The van der Waals surface area contributed by atoms with E-state index >= 15 is 0 Å². The SMILES string of the molecule is O=C(NCCCN1CCCCCC1=O)c1cccc2[nH]ncc12. The molecule has 23 heavy (non-hydrogen) atoms. The van der Waals surface area contributed by atoms with Crippen molar-refractivity contribution >= 4 is 22.7 Å². The van der Waals surface area contributed by atoms with Gasteiger partial charge in [-0.2, -0.15) is 5.10 Å². The van der Waals surface area contributed by atoms with Crippen LogP contribution in [-0.2, 0) is 4.79 Å². The van der Waals surface area contributed by atoms with Crippen molar-refractivity contribution in [2.45, 2.75) is 32.1 Å². The molecule has 1 aliphatic rings. The van der Waals surface area contributed by atoms with Crippen molar-refractivity contribution < 1.29 is 9.59 Å². The number of benzene rings is 1. The van der Waals surface area contributed by atoms with Crippen molar-refractivity contribution in [3.8, 4) is 0 Å². The Kier molecular flexibility index (Phi) is 4.90. The number of hydrogen-bond acceptors (Lipinski definition) is 3. The Morgan fingerprint density at radius 2 is 2.22 bits per heavy atom. The van der Waals surface area contributed by atoms with Crippen LogP contribution >= 0.6 is 0 Å². The summed E-state index contributed by atoms with van der Waals surface area (Å²) in [7, 11) is 0. The fourth-order valence-corrected chi connectivity index (χ4v) is 3.01. The highest BCUT2D eigenvalue weighted by Crippen LogP contribution is 2.16. The van der Waals surface area contributed by atoms with Crippen LogP contribution in [0.5, 0.6) is 0 Å². The van der Waals surface area contributed by atoms with Crippen molar-refractivity contribution in [2.24, 2.45) is 0 Å². The molecule has 0 aliphatic carbocycles. The molecule has 2 amide bonds. The summed E-state index contributed by atoms with van der Waals surface area (Å²) in [5.41, 5.74) is 1.48. The molecular weight excluding hydrogens is 292 g/mol. The zero-order valence-electron chi connectivity index (χ0n) is 13.2. The van der Waals surface area contributed by atoms with Crippen LogP contribution in [-0.4, -0.2) is 46.5 Å². The maximum Gasteiger partial charge on any atom is 0.252 e. The molecule has 0 saturated carbocycles. The number of hydrogen-bond donors (Lipinski definition) is 2. The predicted molar refractivity (Wildman–Crippen MR) is 88.1 cm³/mol. The van der Waals surface area contributed by atoms with Crippen molar-refractivity contribution in [3.63, 3.8) is 0 Å². The smallest absolute Gasteiger partial charge is 0.252 e. The first-order valence-electron chi connectivity index (χ1n) is 8.24. The van der Waals surface area contributed by atoms with E-state index in [0.717, 1.165) is 49.7 Å². The maximum atomic E-state index is 12.3. The van der Waals surface area contributed by atoms with Gasteiger partial charge in [0.2, 0.25) is 5.91 Å². The summed E-state index contributed by atoms with van der Waals surface area (Å²) >= 11 is 0. The van der Waals surface area contributed by atoms with Gasteiger partial charge in [0.05, 0.1) is 17.3 Å². The van der Waals surface area contributed by atoms with E-state index in [4.69, 9.17) is 0 Å². The molecular formula is C17H22N4O2. The average molecular weight is 314 g/mol. The first-order chi connectivity index (χ1) is 11.3. The summed E-state index contributed by atoms with van der Waals surface area (Å²) in [6, 6.07) is 5.53. The van der Waals surface area contributed by atoms with Gasteiger partial charge in [-0.1, -0.05) is 12.5 Å². The van der Waals surface area contributed by atoms with Gasteiger partial charge in [0.25, 0.3) is 5.91 Å². The van der Waals surface area contributed by atoms with E-state index in [9.17, 15) is 9.59 Å². The number of nitrogens with zero attached hydrogens (tertiary/aromatic N) is 2. The number of carbonyl (C=O) groups is 2. The molecule has 1 aromatic heterocycles. The summed E-state index contributed by atoms with van der Waals surface area (Å²) in [4.78, 5) is 26.1. The molecule has 2 aromatic rings. The number of likely N-dealkylation sites (tertiary alicyclic amines) is 1. The molecule has 6 nitrogen and oxygen atoms in total.